The molecule has 0 bridgehead atoms. The first-order valence-electron chi connectivity index (χ1n) is 5.84. The number of halogens is 1. The molecule has 0 aliphatic carbocycles. The van der Waals surface area contributed by atoms with E-state index >= 15 is 0 Å². The smallest absolute Gasteiger partial charge is 0.258 e. The van der Waals surface area contributed by atoms with Gasteiger partial charge in [0, 0.05) is 6.07 Å². The quantitative estimate of drug-likeness (QED) is 0.486. The zero-order chi connectivity index (χ0) is 15.4. The van der Waals surface area contributed by atoms with Gasteiger partial charge in [-0.15, -0.1) is 0 Å². The van der Waals surface area contributed by atoms with Crippen LogP contribution in [0.4, 0.5) is 15.8 Å². The molecule has 0 fully saturated rings. The predicted octanol–water partition coefficient (Wildman–Crippen LogP) is 3.81. The van der Waals surface area contributed by atoms with Crippen LogP contribution in [-0.4, -0.2) is 9.85 Å². The zero-order valence-electron chi connectivity index (χ0n) is 10.6. The Kier molecular flexibility index (Phi) is 4.03. The molecule has 6 nitrogen and oxygen atoms in total. The van der Waals surface area contributed by atoms with Crippen LogP contribution in [0.15, 0.2) is 42.5 Å². The Hall–Kier alpha value is -3.09. The molecule has 0 aliphatic rings. The molecule has 0 radical (unpaired) electrons. The SMILES string of the molecule is O=[N+]([O-])c1ccc(C=Cc2cccc(F)c2)c([N+](=O)[O-])c1. The van der Waals surface area contributed by atoms with Crippen LogP contribution in [0.5, 0.6) is 0 Å². The lowest BCUT2D eigenvalue weighted by atomic mass is 10.1. The number of hydrogen-bond donors (Lipinski definition) is 0. The van der Waals surface area contributed by atoms with Crippen molar-refractivity contribution in [2.75, 3.05) is 0 Å². The molecule has 0 saturated heterocycles. The molecule has 0 atom stereocenters. The maximum atomic E-state index is 13.0. The Labute approximate surface area is 118 Å². The Morgan fingerprint density at radius 2 is 1.71 bits per heavy atom. The van der Waals surface area contributed by atoms with Crippen molar-refractivity contribution in [2.24, 2.45) is 0 Å². The minimum Gasteiger partial charge on any atom is -0.258 e. The molecule has 7 heteroatoms. The molecule has 0 heterocycles. The molecule has 2 aromatic rings. The Morgan fingerprint density at radius 3 is 2.33 bits per heavy atom. The molecule has 0 amide bonds. The van der Waals surface area contributed by atoms with Crippen molar-refractivity contribution in [1.82, 2.24) is 0 Å². The van der Waals surface area contributed by atoms with E-state index < -0.39 is 15.7 Å². The third-order valence-electron chi connectivity index (χ3n) is 2.73. The third-order valence-corrected chi connectivity index (χ3v) is 2.73. The van der Waals surface area contributed by atoms with Crippen molar-refractivity contribution in [1.29, 1.82) is 0 Å². The Bertz CT molecular complexity index is 744. The van der Waals surface area contributed by atoms with Crippen LogP contribution in [0.25, 0.3) is 12.2 Å². The lowest BCUT2D eigenvalue weighted by Gasteiger charge is -1.98. The van der Waals surface area contributed by atoms with Crippen molar-refractivity contribution in [3.8, 4) is 0 Å². The second-order valence-corrected chi connectivity index (χ2v) is 4.15. The molecule has 0 saturated carbocycles. The first-order chi connectivity index (χ1) is 9.97. The highest BCUT2D eigenvalue weighted by Crippen LogP contribution is 2.26. The third kappa shape index (κ3) is 3.47. The van der Waals surface area contributed by atoms with Gasteiger partial charge in [-0.3, -0.25) is 20.2 Å². The predicted molar refractivity (Wildman–Crippen MR) is 75.1 cm³/mol. The van der Waals surface area contributed by atoms with Gasteiger partial charge in [0.15, 0.2) is 0 Å². The van der Waals surface area contributed by atoms with Crippen molar-refractivity contribution in [2.45, 2.75) is 0 Å². The van der Waals surface area contributed by atoms with E-state index in [0.29, 0.717) is 5.56 Å². The van der Waals surface area contributed by atoms with Gasteiger partial charge < -0.3 is 0 Å². The summed E-state index contributed by atoms with van der Waals surface area (Å²) in [5, 5.41) is 21.6. The van der Waals surface area contributed by atoms with E-state index in [1.807, 2.05) is 0 Å². The molecule has 0 aliphatic heterocycles. The van der Waals surface area contributed by atoms with Gasteiger partial charge in [0.25, 0.3) is 11.4 Å². The standard InChI is InChI=1S/C14H9FN2O4/c15-12-3-1-2-10(8-12)4-5-11-6-7-13(16(18)19)9-14(11)17(20)21/h1-9H. The fourth-order valence-electron chi connectivity index (χ4n) is 1.74. The molecule has 2 rings (SSSR count). The second-order valence-electron chi connectivity index (χ2n) is 4.15. The summed E-state index contributed by atoms with van der Waals surface area (Å²) in [6, 6.07) is 9.06. The number of nitro groups is 2. The van der Waals surface area contributed by atoms with Crippen LogP contribution in [0, 0.1) is 26.0 Å². The number of non-ortho nitro benzene ring substituents is 1. The maximum Gasteiger partial charge on any atom is 0.283 e. The number of hydrogen-bond acceptors (Lipinski definition) is 4. The van der Waals surface area contributed by atoms with E-state index in [2.05, 4.69) is 0 Å². The highest BCUT2D eigenvalue weighted by atomic mass is 19.1. The Balaban J connectivity index is 2.39. The molecular formula is C14H9FN2O4. The van der Waals surface area contributed by atoms with E-state index in [-0.39, 0.29) is 16.9 Å². The van der Waals surface area contributed by atoms with Crippen molar-refractivity contribution in [3.63, 3.8) is 0 Å². The normalized spacial score (nSPS) is 10.7. The van der Waals surface area contributed by atoms with E-state index in [1.165, 1.54) is 42.5 Å². The van der Waals surface area contributed by atoms with Crippen LogP contribution in [-0.2, 0) is 0 Å². The number of benzene rings is 2. The largest absolute Gasteiger partial charge is 0.283 e. The first-order valence-corrected chi connectivity index (χ1v) is 5.84. The lowest BCUT2D eigenvalue weighted by molar-refractivity contribution is -0.394. The summed E-state index contributed by atoms with van der Waals surface area (Å²) in [7, 11) is 0. The average Bonchev–Trinajstić information content (AvgIpc) is 2.44. The minimum absolute atomic E-state index is 0.204. The molecule has 0 N–H and O–H groups in total. The second kappa shape index (κ2) is 5.91. The van der Waals surface area contributed by atoms with Gasteiger partial charge in [0.1, 0.15) is 5.82 Å². The first kappa shape index (κ1) is 14.3. The minimum atomic E-state index is -0.701. The fraction of sp³-hybridized carbons (Fsp3) is 0. The van der Waals surface area contributed by atoms with Crippen molar-refractivity contribution < 1.29 is 14.2 Å². The number of nitro benzene ring substituents is 2. The summed E-state index contributed by atoms with van der Waals surface area (Å²) in [4.78, 5) is 20.2. The zero-order valence-corrected chi connectivity index (χ0v) is 10.6. The molecular weight excluding hydrogens is 279 g/mol. The van der Waals surface area contributed by atoms with E-state index in [4.69, 9.17) is 0 Å². The average molecular weight is 288 g/mol. The highest BCUT2D eigenvalue weighted by Gasteiger charge is 2.17. The van der Waals surface area contributed by atoms with E-state index in [1.54, 1.807) is 6.07 Å². The summed E-state index contributed by atoms with van der Waals surface area (Å²) < 4.78 is 13.0. The van der Waals surface area contributed by atoms with E-state index in [0.717, 1.165) is 6.07 Å². The van der Waals surface area contributed by atoms with Gasteiger partial charge in [0.05, 0.1) is 21.5 Å². The van der Waals surface area contributed by atoms with Gasteiger partial charge in [-0.1, -0.05) is 18.2 Å². The van der Waals surface area contributed by atoms with Crippen LogP contribution >= 0.6 is 0 Å². The van der Waals surface area contributed by atoms with Gasteiger partial charge in [-0.2, -0.15) is 0 Å². The topological polar surface area (TPSA) is 86.3 Å². The van der Waals surface area contributed by atoms with Crippen molar-refractivity contribution >= 4 is 23.5 Å². The van der Waals surface area contributed by atoms with Gasteiger partial charge in [-0.05, 0) is 29.8 Å². The van der Waals surface area contributed by atoms with Gasteiger partial charge in [0.2, 0.25) is 0 Å². The van der Waals surface area contributed by atoms with Crippen LogP contribution in [0.1, 0.15) is 11.1 Å². The van der Waals surface area contributed by atoms with Crippen molar-refractivity contribution in [3.05, 3.63) is 79.6 Å². The lowest BCUT2D eigenvalue weighted by Crippen LogP contribution is -1.94. The van der Waals surface area contributed by atoms with Crippen LogP contribution in [0.2, 0.25) is 0 Å². The molecule has 0 unspecified atom stereocenters. The monoisotopic (exact) mass is 288 g/mol. The Morgan fingerprint density at radius 1 is 0.952 bits per heavy atom. The number of rotatable bonds is 4. The van der Waals surface area contributed by atoms with E-state index in [9.17, 15) is 24.6 Å². The number of nitrogens with zero attached hydrogens (tertiary/aromatic N) is 2. The summed E-state index contributed by atoms with van der Waals surface area (Å²) in [5.41, 5.74) is -0.000953. The summed E-state index contributed by atoms with van der Waals surface area (Å²) in [6.07, 6.45) is 2.91. The molecule has 0 aromatic heterocycles. The molecule has 0 spiro atoms. The van der Waals surface area contributed by atoms with Gasteiger partial charge in [-0.25, -0.2) is 4.39 Å². The summed E-state index contributed by atoms with van der Waals surface area (Å²) in [5.74, 6) is -0.421. The highest BCUT2D eigenvalue weighted by molar-refractivity contribution is 5.75. The van der Waals surface area contributed by atoms with Gasteiger partial charge >= 0.3 is 0 Å². The van der Waals surface area contributed by atoms with Crippen LogP contribution < -0.4 is 0 Å². The summed E-state index contributed by atoms with van der Waals surface area (Å²) >= 11 is 0. The fourth-order valence-corrected chi connectivity index (χ4v) is 1.74. The molecule has 21 heavy (non-hydrogen) atoms. The van der Waals surface area contributed by atoms with Crippen LogP contribution in [0.3, 0.4) is 0 Å². The molecule has 106 valence electrons. The maximum absolute atomic E-state index is 13.0. The molecule has 2 aromatic carbocycles. The summed E-state index contributed by atoms with van der Waals surface area (Å²) in [6.45, 7) is 0.